The first kappa shape index (κ1) is 13.9. The SMILES string of the molecule is Cc1cnc(N)nc1Nc1ccc(OC(F)(F)F)cc1. The van der Waals surface area contributed by atoms with Crippen LogP contribution in [0.25, 0.3) is 0 Å². The van der Waals surface area contributed by atoms with E-state index in [1.807, 2.05) is 0 Å². The molecular weight excluding hydrogens is 273 g/mol. The number of nitrogens with zero attached hydrogens (tertiary/aromatic N) is 2. The molecule has 0 aliphatic rings. The zero-order chi connectivity index (χ0) is 14.8. The van der Waals surface area contributed by atoms with Crippen LogP contribution in [0.5, 0.6) is 5.75 Å². The van der Waals surface area contributed by atoms with Crippen molar-refractivity contribution in [2.24, 2.45) is 0 Å². The molecule has 0 aliphatic carbocycles. The van der Waals surface area contributed by atoms with Gasteiger partial charge in [0.25, 0.3) is 0 Å². The fraction of sp³-hybridized carbons (Fsp3) is 0.167. The van der Waals surface area contributed by atoms with Gasteiger partial charge in [0, 0.05) is 17.4 Å². The van der Waals surface area contributed by atoms with Crippen molar-refractivity contribution in [1.29, 1.82) is 0 Å². The number of aryl methyl sites for hydroxylation is 1. The summed E-state index contributed by atoms with van der Waals surface area (Å²) in [6.45, 7) is 1.78. The summed E-state index contributed by atoms with van der Waals surface area (Å²) in [7, 11) is 0. The summed E-state index contributed by atoms with van der Waals surface area (Å²) in [5.41, 5.74) is 6.78. The summed E-state index contributed by atoms with van der Waals surface area (Å²) < 4.78 is 39.8. The number of benzene rings is 1. The molecule has 0 radical (unpaired) electrons. The minimum atomic E-state index is -4.70. The van der Waals surface area contributed by atoms with Crippen LogP contribution in [0.15, 0.2) is 30.5 Å². The molecule has 106 valence electrons. The highest BCUT2D eigenvalue weighted by atomic mass is 19.4. The summed E-state index contributed by atoms with van der Waals surface area (Å²) in [6, 6.07) is 5.29. The van der Waals surface area contributed by atoms with Gasteiger partial charge in [0.05, 0.1) is 0 Å². The van der Waals surface area contributed by atoms with E-state index in [0.29, 0.717) is 11.5 Å². The topological polar surface area (TPSA) is 73.1 Å². The van der Waals surface area contributed by atoms with E-state index in [0.717, 1.165) is 5.56 Å². The maximum absolute atomic E-state index is 12.0. The monoisotopic (exact) mass is 284 g/mol. The van der Waals surface area contributed by atoms with Crippen LogP contribution in [0, 0.1) is 6.92 Å². The van der Waals surface area contributed by atoms with E-state index < -0.39 is 6.36 Å². The number of rotatable bonds is 3. The molecule has 2 aromatic rings. The first-order chi connectivity index (χ1) is 9.33. The second-order valence-corrected chi connectivity index (χ2v) is 3.96. The summed E-state index contributed by atoms with van der Waals surface area (Å²) >= 11 is 0. The molecule has 1 aromatic heterocycles. The highest BCUT2D eigenvalue weighted by molar-refractivity contribution is 5.60. The Morgan fingerprint density at radius 2 is 1.85 bits per heavy atom. The van der Waals surface area contributed by atoms with Gasteiger partial charge in [0.15, 0.2) is 0 Å². The number of alkyl halides is 3. The number of halogens is 3. The third-order valence-corrected chi connectivity index (χ3v) is 2.34. The molecule has 5 nitrogen and oxygen atoms in total. The van der Waals surface area contributed by atoms with Crippen molar-refractivity contribution >= 4 is 17.5 Å². The number of ether oxygens (including phenoxy) is 1. The van der Waals surface area contributed by atoms with Crippen molar-refractivity contribution in [3.8, 4) is 5.75 Å². The van der Waals surface area contributed by atoms with Crippen LogP contribution in [0.2, 0.25) is 0 Å². The Morgan fingerprint density at radius 3 is 2.45 bits per heavy atom. The van der Waals surface area contributed by atoms with Crippen LogP contribution in [-0.4, -0.2) is 16.3 Å². The van der Waals surface area contributed by atoms with Gasteiger partial charge in [-0.25, -0.2) is 4.98 Å². The lowest BCUT2D eigenvalue weighted by atomic mass is 10.3. The first-order valence-corrected chi connectivity index (χ1v) is 5.55. The molecule has 1 heterocycles. The fourth-order valence-electron chi connectivity index (χ4n) is 1.46. The summed E-state index contributed by atoms with van der Waals surface area (Å²) in [4.78, 5) is 7.81. The molecule has 1 aromatic carbocycles. The Balaban J connectivity index is 2.13. The minimum absolute atomic E-state index is 0.107. The molecular formula is C12H11F3N4O. The number of nitrogens with one attached hydrogen (secondary N) is 1. The van der Waals surface area contributed by atoms with Crippen molar-refractivity contribution in [2.45, 2.75) is 13.3 Å². The van der Waals surface area contributed by atoms with Gasteiger partial charge in [-0.3, -0.25) is 0 Å². The molecule has 0 aliphatic heterocycles. The lowest BCUT2D eigenvalue weighted by Crippen LogP contribution is -2.17. The lowest BCUT2D eigenvalue weighted by Gasteiger charge is -2.11. The maximum atomic E-state index is 12.0. The number of hydrogen-bond donors (Lipinski definition) is 2. The van der Waals surface area contributed by atoms with E-state index in [1.54, 1.807) is 13.1 Å². The van der Waals surface area contributed by atoms with Gasteiger partial charge in [-0.2, -0.15) is 4.98 Å². The highest BCUT2D eigenvalue weighted by Crippen LogP contribution is 2.25. The number of anilines is 3. The predicted molar refractivity (Wildman–Crippen MR) is 67.6 cm³/mol. The van der Waals surface area contributed by atoms with Gasteiger partial charge in [-0.15, -0.1) is 13.2 Å². The van der Waals surface area contributed by atoms with Crippen LogP contribution in [-0.2, 0) is 0 Å². The van der Waals surface area contributed by atoms with Gasteiger partial charge < -0.3 is 15.8 Å². The van der Waals surface area contributed by atoms with Gasteiger partial charge in [0.2, 0.25) is 5.95 Å². The quantitative estimate of drug-likeness (QED) is 0.906. The van der Waals surface area contributed by atoms with Gasteiger partial charge in [-0.05, 0) is 31.2 Å². The van der Waals surface area contributed by atoms with Crippen LogP contribution in [0.4, 0.5) is 30.6 Å². The van der Waals surface area contributed by atoms with Gasteiger partial charge in [0.1, 0.15) is 11.6 Å². The van der Waals surface area contributed by atoms with Crippen LogP contribution < -0.4 is 15.8 Å². The minimum Gasteiger partial charge on any atom is -0.406 e. The molecule has 0 fully saturated rings. The second-order valence-electron chi connectivity index (χ2n) is 3.96. The largest absolute Gasteiger partial charge is 0.573 e. The Kier molecular flexibility index (Phi) is 3.64. The predicted octanol–water partition coefficient (Wildman–Crippen LogP) is 3.01. The van der Waals surface area contributed by atoms with Crippen molar-refractivity contribution in [2.75, 3.05) is 11.1 Å². The number of nitrogen functional groups attached to an aromatic ring is 1. The lowest BCUT2D eigenvalue weighted by molar-refractivity contribution is -0.274. The summed E-state index contributed by atoms with van der Waals surface area (Å²) in [5.74, 6) is 0.305. The van der Waals surface area contributed by atoms with Crippen LogP contribution >= 0.6 is 0 Å². The van der Waals surface area contributed by atoms with Crippen molar-refractivity contribution < 1.29 is 17.9 Å². The second kappa shape index (κ2) is 5.24. The van der Waals surface area contributed by atoms with Gasteiger partial charge in [-0.1, -0.05) is 0 Å². The molecule has 0 spiro atoms. The van der Waals surface area contributed by atoms with E-state index in [2.05, 4.69) is 20.0 Å². The molecule has 8 heteroatoms. The fourth-order valence-corrected chi connectivity index (χ4v) is 1.46. The van der Waals surface area contributed by atoms with Crippen molar-refractivity contribution in [3.05, 3.63) is 36.0 Å². The average Bonchev–Trinajstić information content (AvgIpc) is 2.34. The van der Waals surface area contributed by atoms with E-state index >= 15 is 0 Å². The Hall–Kier alpha value is -2.51. The normalized spacial score (nSPS) is 11.2. The Labute approximate surface area is 112 Å². The zero-order valence-corrected chi connectivity index (χ0v) is 10.4. The summed E-state index contributed by atoms with van der Waals surface area (Å²) in [5, 5.41) is 2.94. The molecule has 0 amide bonds. The van der Waals surface area contributed by atoms with E-state index in [4.69, 9.17) is 5.73 Å². The Bertz CT molecular complexity index is 599. The van der Waals surface area contributed by atoms with Crippen LogP contribution in [0.3, 0.4) is 0 Å². The molecule has 0 saturated heterocycles. The van der Waals surface area contributed by atoms with Crippen molar-refractivity contribution in [3.63, 3.8) is 0 Å². The van der Waals surface area contributed by atoms with Crippen molar-refractivity contribution in [1.82, 2.24) is 9.97 Å². The summed E-state index contributed by atoms with van der Waals surface area (Å²) in [6.07, 6.45) is -3.15. The molecule has 2 rings (SSSR count). The maximum Gasteiger partial charge on any atom is 0.573 e. The van der Waals surface area contributed by atoms with Gasteiger partial charge >= 0.3 is 6.36 Å². The van der Waals surface area contributed by atoms with E-state index in [9.17, 15) is 13.2 Å². The molecule has 20 heavy (non-hydrogen) atoms. The average molecular weight is 284 g/mol. The standard InChI is InChI=1S/C12H11F3N4O/c1-7-6-17-11(16)19-10(7)18-8-2-4-9(5-3-8)20-12(13,14)15/h2-6H,1H3,(H3,16,17,18,19). The third-order valence-electron chi connectivity index (χ3n) is 2.34. The number of aromatic nitrogens is 2. The first-order valence-electron chi connectivity index (χ1n) is 5.55. The molecule has 0 atom stereocenters. The van der Waals surface area contributed by atoms with E-state index in [-0.39, 0.29) is 11.7 Å². The smallest absolute Gasteiger partial charge is 0.406 e. The number of nitrogens with two attached hydrogens (primary N) is 1. The Morgan fingerprint density at radius 1 is 1.20 bits per heavy atom. The third kappa shape index (κ3) is 3.74. The molecule has 0 saturated carbocycles. The zero-order valence-electron chi connectivity index (χ0n) is 10.4. The number of hydrogen-bond acceptors (Lipinski definition) is 5. The van der Waals surface area contributed by atoms with E-state index in [1.165, 1.54) is 24.3 Å². The van der Waals surface area contributed by atoms with Crippen LogP contribution in [0.1, 0.15) is 5.56 Å². The molecule has 0 bridgehead atoms. The molecule has 3 N–H and O–H groups in total. The molecule has 0 unspecified atom stereocenters. The highest BCUT2D eigenvalue weighted by Gasteiger charge is 2.30.